The number of nitrogens with zero attached hydrogens (tertiary/aromatic N) is 2. The Bertz CT molecular complexity index is 766. The van der Waals surface area contributed by atoms with Crippen LogP contribution in [0.5, 0.6) is 0 Å². The molecule has 0 atom stereocenters. The Morgan fingerprint density at radius 2 is 1.12 bits per heavy atom. The van der Waals surface area contributed by atoms with E-state index in [2.05, 4.69) is 0 Å². The third-order valence-electron chi connectivity index (χ3n) is 4.11. The van der Waals surface area contributed by atoms with Gasteiger partial charge in [0, 0.05) is 21.4 Å². The van der Waals surface area contributed by atoms with E-state index < -0.39 is 0 Å². The van der Waals surface area contributed by atoms with Gasteiger partial charge in [0.15, 0.2) is 0 Å². The van der Waals surface area contributed by atoms with Crippen LogP contribution < -0.4 is 9.80 Å². The van der Waals surface area contributed by atoms with Crippen LogP contribution in [0.2, 0.25) is 10.0 Å². The van der Waals surface area contributed by atoms with Gasteiger partial charge >= 0.3 is 0 Å². The van der Waals surface area contributed by atoms with E-state index in [4.69, 9.17) is 23.2 Å². The first-order valence-electron chi connectivity index (χ1n) is 7.50. The van der Waals surface area contributed by atoms with Crippen LogP contribution in [0.1, 0.15) is 11.1 Å². The molecule has 1 fully saturated rings. The van der Waals surface area contributed by atoms with Gasteiger partial charge in [-0.25, -0.2) is 0 Å². The van der Waals surface area contributed by atoms with E-state index in [0.29, 0.717) is 21.4 Å². The monoisotopic (exact) mass is 362 g/mol. The first-order chi connectivity index (χ1) is 11.4. The zero-order valence-electron chi connectivity index (χ0n) is 13.3. The molecule has 1 heterocycles. The number of amides is 2. The second-order valence-corrected chi connectivity index (χ2v) is 6.69. The lowest BCUT2D eigenvalue weighted by Gasteiger charge is -2.35. The average molecular weight is 363 g/mol. The van der Waals surface area contributed by atoms with Gasteiger partial charge in [0.2, 0.25) is 11.8 Å². The van der Waals surface area contributed by atoms with Crippen molar-refractivity contribution in [1.82, 2.24) is 0 Å². The summed E-state index contributed by atoms with van der Waals surface area (Å²) in [7, 11) is 0. The zero-order chi connectivity index (χ0) is 17.4. The average Bonchev–Trinajstić information content (AvgIpc) is 2.54. The highest BCUT2D eigenvalue weighted by atomic mass is 35.5. The second-order valence-electron chi connectivity index (χ2n) is 5.82. The topological polar surface area (TPSA) is 40.6 Å². The molecule has 0 saturated carbocycles. The lowest BCUT2D eigenvalue weighted by molar-refractivity contribution is -0.125. The normalized spacial score (nSPS) is 15.2. The minimum absolute atomic E-state index is 0.0219. The van der Waals surface area contributed by atoms with Gasteiger partial charge in [-0.1, -0.05) is 35.3 Å². The fourth-order valence-corrected chi connectivity index (χ4v) is 3.14. The summed E-state index contributed by atoms with van der Waals surface area (Å²) in [6, 6.07) is 10.6. The predicted molar refractivity (Wildman–Crippen MR) is 97.1 cm³/mol. The molecule has 2 aromatic rings. The molecule has 1 aliphatic heterocycles. The van der Waals surface area contributed by atoms with Crippen molar-refractivity contribution < 1.29 is 9.59 Å². The number of rotatable bonds is 2. The Hall–Kier alpha value is -2.04. The smallest absolute Gasteiger partial charge is 0.247 e. The van der Waals surface area contributed by atoms with Crippen LogP contribution in [0.4, 0.5) is 11.4 Å². The van der Waals surface area contributed by atoms with Crippen LogP contribution in [0.25, 0.3) is 0 Å². The van der Waals surface area contributed by atoms with E-state index in [1.165, 1.54) is 9.80 Å². The van der Waals surface area contributed by atoms with Crippen LogP contribution >= 0.6 is 23.2 Å². The van der Waals surface area contributed by atoms with E-state index in [1.54, 1.807) is 24.3 Å². The van der Waals surface area contributed by atoms with Gasteiger partial charge in [0.25, 0.3) is 0 Å². The highest BCUT2D eigenvalue weighted by molar-refractivity contribution is 6.31. The molecular formula is C18H16Cl2N2O2. The van der Waals surface area contributed by atoms with Crippen molar-refractivity contribution in [2.45, 2.75) is 13.8 Å². The maximum Gasteiger partial charge on any atom is 0.247 e. The van der Waals surface area contributed by atoms with Crippen LogP contribution in [-0.4, -0.2) is 24.9 Å². The Labute approximate surface area is 150 Å². The van der Waals surface area contributed by atoms with Crippen molar-refractivity contribution in [3.05, 3.63) is 57.6 Å². The van der Waals surface area contributed by atoms with Gasteiger partial charge in [-0.05, 0) is 49.2 Å². The number of benzene rings is 2. The standard InChI is InChI=1S/C18H16Cl2N2O2/c1-11-3-5-13(19)7-15(11)21-9-18(24)22(10-17(21)23)16-8-14(20)6-4-12(16)2/h3-8H,9-10H2,1-2H3. The van der Waals surface area contributed by atoms with Gasteiger partial charge in [0.05, 0.1) is 0 Å². The van der Waals surface area contributed by atoms with Crippen LogP contribution in [0, 0.1) is 13.8 Å². The molecule has 124 valence electrons. The number of carbonyl (C=O) groups is 2. The molecule has 0 N–H and O–H groups in total. The molecule has 4 nitrogen and oxygen atoms in total. The molecule has 0 aliphatic carbocycles. The molecule has 0 unspecified atom stereocenters. The van der Waals surface area contributed by atoms with Gasteiger partial charge in [-0.3, -0.25) is 9.59 Å². The van der Waals surface area contributed by atoms with E-state index in [1.807, 2.05) is 26.0 Å². The van der Waals surface area contributed by atoms with Crippen molar-refractivity contribution in [1.29, 1.82) is 0 Å². The molecule has 2 aromatic carbocycles. The molecule has 1 aliphatic rings. The van der Waals surface area contributed by atoms with Crippen LogP contribution in [-0.2, 0) is 9.59 Å². The quantitative estimate of drug-likeness (QED) is 0.810. The molecular weight excluding hydrogens is 347 g/mol. The maximum absolute atomic E-state index is 12.6. The number of halogens is 2. The van der Waals surface area contributed by atoms with E-state index >= 15 is 0 Å². The summed E-state index contributed by atoms with van der Waals surface area (Å²) in [5.41, 5.74) is 3.13. The molecule has 24 heavy (non-hydrogen) atoms. The van der Waals surface area contributed by atoms with Gasteiger partial charge in [0.1, 0.15) is 13.1 Å². The third-order valence-corrected chi connectivity index (χ3v) is 4.58. The van der Waals surface area contributed by atoms with Crippen LogP contribution in [0.15, 0.2) is 36.4 Å². The zero-order valence-corrected chi connectivity index (χ0v) is 14.9. The number of piperazine rings is 1. The molecule has 1 saturated heterocycles. The van der Waals surface area contributed by atoms with Crippen LogP contribution in [0.3, 0.4) is 0 Å². The molecule has 0 radical (unpaired) electrons. The molecule has 6 heteroatoms. The highest BCUT2D eigenvalue weighted by Gasteiger charge is 2.33. The summed E-state index contributed by atoms with van der Waals surface area (Å²) in [5, 5.41) is 1.06. The number of carbonyl (C=O) groups excluding carboxylic acids is 2. The lowest BCUT2D eigenvalue weighted by atomic mass is 10.1. The number of hydrogen-bond acceptors (Lipinski definition) is 2. The van der Waals surface area contributed by atoms with E-state index in [0.717, 1.165) is 11.1 Å². The van der Waals surface area contributed by atoms with Gasteiger partial charge in [-0.2, -0.15) is 0 Å². The van der Waals surface area contributed by atoms with Gasteiger partial charge in [-0.15, -0.1) is 0 Å². The van der Waals surface area contributed by atoms with Crippen molar-refractivity contribution in [2.75, 3.05) is 22.9 Å². The van der Waals surface area contributed by atoms with E-state index in [-0.39, 0.29) is 24.9 Å². The molecule has 0 bridgehead atoms. The minimum atomic E-state index is -0.153. The third kappa shape index (κ3) is 3.12. The Morgan fingerprint density at radius 1 is 0.750 bits per heavy atom. The lowest BCUT2D eigenvalue weighted by Crippen LogP contribution is -2.54. The maximum atomic E-state index is 12.6. The Morgan fingerprint density at radius 3 is 1.50 bits per heavy atom. The first kappa shape index (κ1) is 16.8. The minimum Gasteiger partial charge on any atom is -0.301 e. The Balaban J connectivity index is 1.92. The summed E-state index contributed by atoms with van der Waals surface area (Å²) in [6.45, 7) is 3.73. The summed E-state index contributed by atoms with van der Waals surface area (Å²) in [5.74, 6) is -0.307. The number of aryl methyl sites for hydroxylation is 2. The molecule has 0 spiro atoms. The van der Waals surface area contributed by atoms with E-state index in [9.17, 15) is 9.59 Å². The van der Waals surface area contributed by atoms with Crippen molar-refractivity contribution in [3.63, 3.8) is 0 Å². The second kappa shape index (κ2) is 6.46. The predicted octanol–water partition coefficient (Wildman–Crippen LogP) is 3.99. The summed E-state index contributed by atoms with van der Waals surface area (Å²) in [4.78, 5) is 28.3. The largest absolute Gasteiger partial charge is 0.301 e. The summed E-state index contributed by atoms with van der Waals surface area (Å²) in [6.07, 6.45) is 0. The molecule has 0 aromatic heterocycles. The molecule has 2 amide bonds. The SMILES string of the molecule is Cc1ccc(Cl)cc1N1CC(=O)N(c2cc(Cl)ccc2C)CC1=O. The number of hydrogen-bond donors (Lipinski definition) is 0. The van der Waals surface area contributed by atoms with Crippen molar-refractivity contribution in [3.8, 4) is 0 Å². The van der Waals surface area contributed by atoms with Gasteiger partial charge < -0.3 is 9.80 Å². The number of anilines is 2. The van der Waals surface area contributed by atoms with Crippen molar-refractivity contribution >= 4 is 46.4 Å². The summed E-state index contributed by atoms with van der Waals surface area (Å²) >= 11 is 12.1. The highest BCUT2D eigenvalue weighted by Crippen LogP contribution is 2.29. The first-order valence-corrected chi connectivity index (χ1v) is 8.25. The fourth-order valence-electron chi connectivity index (χ4n) is 2.80. The van der Waals surface area contributed by atoms with Crippen molar-refractivity contribution in [2.24, 2.45) is 0 Å². The Kier molecular flexibility index (Phi) is 4.52. The fraction of sp³-hybridized carbons (Fsp3) is 0.222. The summed E-state index contributed by atoms with van der Waals surface area (Å²) < 4.78 is 0. The molecule has 3 rings (SSSR count).